The normalized spacial score (nSPS) is 21.1. The average molecular weight is 508 g/mol. The first kappa shape index (κ1) is 26.3. The standard InChI is InChI=1S/C29H33NO7/c1-7-37-29(32)25-16(2)30-20-13-18(17-11-12-22(33-3)24(15-17)35-5)14-21(31)27(20)26(25)19-9-8-10-23(34-4)28(19)36-6/h8-12,15,18,25-26H,7,13-14H2,1-6H3/t18-,25?,26-/m0/s1. The monoisotopic (exact) mass is 507 g/mol. The van der Waals surface area contributed by atoms with E-state index in [-0.39, 0.29) is 24.7 Å². The van der Waals surface area contributed by atoms with Gasteiger partial charge in [-0.25, -0.2) is 0 Å². The minimum absolute atomic E-state index is 0.0542. The molecule has 0 spiro atoms. The number of esters is 1. The van der Waals surface area contributed by atoms with Crippen molar-refractivity contribution in [2.45, 2.75) is 38.5 Å². The molecule has 2 aliphatic rings. The highest BCUT2D eigenvalue weighted by Gasteiger charge is 2.46. The molecule has 0 saturated heterocycles. The Labute approximate surface area is 217 Å². The van der Waals surface area contributed by atoms with Gasteiger partial charge in [0.05, 0.1) is 35.0 Å². The van der Waals surface area contributed by atoms with Crippen molar-refractivity contribution in [2.24, 2.45) is 10.9 Å². The van der Waals surface area contributed by atoms with Crippen LogP contribution in [-0.2, 0) is 14.3 Å². The van der Waals surface area contributed by atoms with Crippen LogP contribution in [0.1, 0.15) is 49.7 Å². The number of methoxy groups -OCH3 is 4. The molecule has 1 unspecified atom stereocenters. The summed E-state index contributed by atoms with van der Waals surface area (Å²) in [4.78, 5) is 31.9. The summed E-state index contributed by atoms with van der Waals surface area (Å²) in [6.45, 7) is 3.81. The van der Waals surface area contributed by atoms with Gasteiger partial charge in [0.2, 0.25) is 0 Å². The number of nitrogens with zero attached hydrogens (tertiary/aromatic N) is 1. The summed E-state index contributed by atoms with van der Waals surface area (Å²) in [7, 11) is 6.29. The molecular weight excluding hydrogens is 474 g/mol. The van der Waals surface area contributed by atoms with E-state index in [2.05, 4.69) is 0 Å². The summed E-state index contributed by atoms with van der Waals surface area (Å²) in [5.41, 5.74) is 3.48. The SMILES string of the molecule is CCOC(=O)C1C(C)=NC2=C(C(=O)C[C@@H](c3ccc(OC)c(OC)c3)C2)[C@H]1c1cccc(OC)c1OC. The van der Waals surface area contributed by atoms with Gasteiger partial charge in [0.15, 0.2) is 28.8 Å². The van der Waals surface area contributed by atoms with Crippen LogP contribution in [0.3, 0.4) is 0 Å². The topological polar surface area (TPSA) is 92.7 Å². The lowest BCUT2D eigenvalue weighted by Gasteiger charge is -2.37. The fourth-order valence-corrected chi connectivity index (χ4v) is 5.43. The van der Waals surface area contributed by atoms with Crippen LogP contribution in [0.15, 0.2) is 52.7 Å². The number of carbonyl (C=O) groups excluding carboxylic acids is 2. The van der Waals surface area contributed by atoms with Crippen LogP contribution in [0.4, 0.5) is 0 Å². The second-order valence-electron chi connectivity index (χ2n) is 9.05. The van der Waals surface area contributed by atoms with Crippen LogP contribution in [0.25, 0.3) is 0 Å². The summed E-state index contributed by atoms with van der Waals surface area (Å²) in [6.07, 6.45) is 0.827. The first-order valence-electron chi connectivity index (χ1n) is 12.3. The molecule has 196 valence electrons. The van der Waals surface area contributed by atoms with Gasteiger partial charge in [0.25, 0.3) is 0 Å². The van der Waals surface area contributed by atoms with Crippen molar-refractivity contribution >= 4 is 17.5 Å². The van der Waals surface area contributed by atoms with Crippen molar-refractivity contribution in [3.63, 3.8) is 0 Å². The Morgan fingerprint density at radius 2 is 1.68 bits per heavy atom. The Kier molecular flexibility index (Phi) is 7.86. The lowest BCUT2D eigenvalue weighted by molar-refractivity contribution is -0.146. The predicted octanol–water partition coefficient (Wildman–Crippen LogP) is 4.86. The van der Waals surface area contributed by atoms with Gasteiger partial charge in [-0.05, 0) is 49.9 Å². The Hall–Kier alpha value is -3.81. The number of carbonyl (C=O) groups is 2. The van der Waals surface area contributed by atoms with E-state index in [1.807, 2.05) is 37.3 Å². The van der Waals surface area contributed by atoms with Crippen LogP contribution in [0, 0.1) is 5.92 Å². The van der Waals surface area contributed by atoms with Gasteiger partial charge >= 0.3 is 5.97 Å². The highest BCUT2D eigenvalue weighted by Crippen LogP contribution is 2.50. The van der Waals surface area contributed by atoms with E-state index in [0.29, 0.717) is 52.0 Å². The number of benzene rings is 2. The molecular formula is C29H33NO7. The molecule has 37 heavy (non-hydrogen) atoms. The van der Waals surface area contributed by atoms with Crippen LogP contribution in [-0.4, -0.2) is 52.5 Å². The van der Waals surface area contributed by atoms with Gasteiger partial charge in [0, 0.05) is 34.9 Å². The highest BCUT2D eigenvalue weighted by atomic mass is 16.5. The maximum absolute atomic E-state index is 13.9. The van der Waals surface area contributed by atoms with Gasteiger partial charge < -0.3 is 23.7 Å². The summed E-state index contributed by atoms with van der Waals surface area (Å²) < 4.78 is 27.5. The van der Waals surface area contributed by atoms with Crippen molar-refractivity contribution in [1.29, 1.82) is 0 Å². The number of aliphatic imine (C=N–C) groups is 1. The molecule has 1 aliphatic carbocycles. The Bertz CT molecular complexity index is 1260. The minimum Gasteiger partial charge on any atom is -0.493 e. The predicted molar refractivity (Wildman–Crippen MR) is 139 cm³/mol. The second-order valence-corrected chi connectivity index (χ2v) is 9.05. The smallest absolute Gasteiger partial charge is 0.315 e. The summed E-state index contributed by atoms with van der Waals surface area (Å²) in [5.74, 6) is 0.337. The van der Waals surface area contributed by atoms with E-state index in [4.69, 9.17) is 28.7 Å². The fourth-order valence-electron chi connectivity index (χ4n) is 5.43. The molecule has 3 atom stereocenters. The highest BCUT2D eigenvalue weighted by molar-refractivity contribution is 6.09. The Morgan fingerprint density at radius 3 is 2.32 bits per heavy atom. The molecule has 8 heteroatoms. The molecule has 0 N–H and O–H groups in total. The van der Waals surface area contributed by atoms with E-state index in [0.717, 1.165) is 5.56 Å². The Balaban J connectivity index is 1.84. The van der Waals surface area contributed by atoms with Crippen LogP contribution >= 0.6 is 0 Å². The molecule has 0 radical (unpaired) electrons. The van der Waals surface area contributed by atoms with Gasteiger partial charge in [0.1, 0.15) is 5.92 Å². The van der Waals surface area contributed by atoms with E-state index in [1.165, 1.54) is 0 Å². The van der Waals surface area contributed by atoms with Crippen molar-refractivity contribution in [1.82, 2.24) is 0 Å². The fraction of sp³-hybridized carbons (Fsp3) is 0.414. The zero-order valence-electron chi connectivity index (χ0n) is 22.1. The number of allylic oxidation sites excluding steroid dienone is 2. The van der Waals surface area contributed by atoms with Crippen molar-refractivity contribution < 1.29 is 33.3 Å². The van der Waals surface area contributed by atoms with Crippen molar-refractivity contribution in [3.05, 3.63) is 58.8 Å². The van der Waals surface area contributed by atoms with Crippen molar-refractivity contribution in [2.75, 3.05) is 35.0 Å². The van der Waals surface area contributed by atoms with Gasteiger partial charge in [-0.3, -0.25) is 14.6 Å². The number of Topliss-reactive ketones (excluding diaryl/α,β-unsaturated/α-hetero) is 1. The quantitative estimate of drug-likeness (QED) is 0.471. The third-order valence-corrected chi connectivity index (χ3v) is 7.08. The lowest BCUT2D eigenvalue weighted by Crippen LogP contribution is -2.38. The molecule has 0 fully saturated rings. The van der Waals surface area contributed by atoms with Gasteiger partial charge in [-0.15, -0.1) is 0 Å². The molecule has 0 bridgehead atoms. The number of rotatable bonds is 8. The maximum atomic E-state index is 13.9. The molecule has 1 aliphatic heterocycles. The van der Waals surface area contributed by atoms with Gasteiger partial charge in [-0.2, -0.15) is 0 Å². The zero-order valence-corrected chi connectivity index (χ0v) is 22.1. The molecule has 1 heterocycles. The summed E-state index contributed by atoms with van der Waals surface area (Å²) in [6, 6.07) is 11.2. The molecule has 0 amide bonds. The van der Waals surface area contributed by atoms with Crippen LogP contribution in [0.2, 0.25) is 0 Å². The van der Waals surface area contributed by atoms with E-state index in [1.54, 1.807) is 41.4 Å². The number of para-hydroxylation sites is 1. The maximum Gasteiger partial charge on any atom is 0.315 e. The number of hydrogen-bond donors (Lipinski definition) is 0. The van der Waals surface area contributed by atoms with Crippen LogP contribution < -0.4 is 18.9 Å². The molecule has 4 rings (SSSR count). The average Bonchev–Trinajstić information content (AvgIpc) is 2.91. The number of ether oxygens (including phenoxy) is 5. The molecule has 0 saturated carbocycles. The van der Waals surface area contributed by atoms with E-state index in [9.17, 15) is 9.59 Å². The van der Waals surface area contributed by atoms with E-state index >= 15 is 0 Å². The number of ketones is 1. The Morgan fingerprint density at radius 1 is 0.946 bits per heavy atom. The second kappa shape index (κ2) is 11.1. The zero-order chi connectivity index (χ0) is 26.7. The lowest BCUT2D eigenvalue weighted by atomic mass is 9.69. The molecule has 2 aromatic rings. The van der Waals surface area contributed by atoms with Gasteiger partial charge in [-0.1, -0.05) is 18.2 Å². The first-order valence-corrected chi connectivity index (χ1v) is 12.3. The first-order chi connectivity index (χ1) is 17.9. The van der Waals surface area contributed by atoms with Crippen molar-refractivity contribution in [3.8, 4) is 23.0 Å². The summed E-state index contributed by atoms with van der Waals surface area (Å²) in [5, 5.41) is 0. The van der Waals surface area contributed by atoms with Crippen LogP contribution in [0.5, 0.6) is 23.0 Å². The number of hydrogen-bond acceptors (Lipinski definition) is 8. The third-order valence-electron chi connectivity index (χ3n) is 7.08. The molecule has 2 aromatic carbocycles. The largest absolute Gasteiger partial charge is 0.493 e. The minimum atomic E-state index is -0.749. The molecule has 0 aromatic heterocycles. The summed E-state index contributed by atoms with van der Waals surface area (Å²) >= 11 is 0. The third kappa shape index (κ3) is 4.80. The van der Waals surface area contributed by atoms with E-state index < -0.39 is 17.8 Å². The molecule has 8 nitrogen and oxygen atoms in total.